The molecule has 8 nitrogen and oxygen atoms in total. The number of anilines is 2. The zero-order valence-corrected chi connectivity index (χ0v) is 16.8. The molecule has 1 atom stereocenters. The average molecular weight is 431 g/mol. The van der Waals surface area contributed by atoms with Gasteiger partial charge < -0.3 is 10.2 Å². The molecule has 1 unspecified atom stereocenters. The fourth-order valence-corrected chi connectivity index (χ4v) is 3.55. The molecule has 1 fully saturated rings. The van der Waals surface area contributed by atoms with E-state index in [9.17, 15) is 18.8 Å². The standard InChI is InChI=1S/C20H17ClFN5O3/c1-12-2-5-14(10-16(12)21)23-17(28)11-27-19(30)18(29)26-9-8-25(20(26)24-27)15-6-3-13(22)4-7-15/h2-7,10,20H,8-9,11H2,1H3/p+1. The second-order valence-electron chi connectivity index (χ2n) is 7.01. The Morgan fingerprint density at radius 1 is 1.20 bits per heavy atom. The molecule has 0 radical (unpaired) electrons. The van der Waals surface area contributed by atoms with Gasteiger partial charge in [0.15, 0.2) is 0 Å². The van der Waals surface area contributed by atoms with E-state index in [1.807, 2.05) is 6.92 Å². The van der Waals surface area contributed by atoms with E-state index < -0.39 is 30.6 Å². The molecule has 0 aliphatic carbocycles. The lowest BCUT2D eigenvalue weighted by Gasteiger charge is -2.26. The van der Waals surface area contributed by atoms with E-state index in [2.05, 4.69) is 10.4 Å². The molecule has 2 heterocycles. The van der Waals surface area contributed by atoms with E-state index in [-0.39, 0.29) is 5.82 Å². The minimum atomic E-state index is -0.871. The van der Waals surface area contributed by atoms with Crippen LogP contribution in [0.1, 0.15) is 5.56 Å². The lowest BCUT2D eigenvalue weighted by atomic mass is 10.2. The molecule has 30 heavy (non-hydrogen) atoms. The van der Waals surface area contributed by atoms with E-state index in [1.165, 1.54) is 17.0 Å². The highest BCUT2D eigenvalue weighted by Gasteiger charge is 2.49. The first-order valence-electron chi connectivity index (χ1n) is 9.25. The minimum absolute atomic E-state index is 0.304. The molecule has 0 bridgehead atoms. The molecule has 10 heteroatoms. The van der Waals surface area contributed by atoms with Crippen molar-refractivity contribution >= 4 is 40.7 Å². The van der Waals surface area contributed by atoms with E-state index >= 15 is 0 Å². The maximum atomic E-state index is 13.2. The maximum Gasteiger partial charge on any atom is 0.502 e. The molecule has 2 aliphatic rings. The van der Waals surface area contributed by atoms with Crippen molar-refractivity contribution in [2.45, 2.75) is 13.2 Å². The normalized spacial score (nSPS) is 18.4. The first kappa shape index (κ1) is 20.0. The number of hydrogen-bond acceptors (Lipinski definition) is 5. The van der Waals surface area contributed by atoms with Gasteiger partial charge in [-0.2, -0.15) is 0 Å². The van der Waals surface area contributed by atoms with Crippen LogP contribution in [0, 0.1) is 12.7 Å². The van der Waals surface area contributed by atoms with Crippen LogP contribution < -0.4 is 10.2 Å². The highest BCUT2D eigenvalue weighted by atomic mass is 35.5. The summed E-state index contributed by atoms with van der Waals surface area (Å²) in [5.74, 6) is -2.49. The first-order valence-corrected chi connectivity index (χ1v) is 9.63. The Morgan fingerprint density at radius 3 is 2.60 bits per heavy atom. The Bertz CT molecular complexity index is 1070. The van der Waals surface area contributed by atoms with Gasteiger partial charge in [0.05, 0.1) is 0 Å². The van der Waals surface area contributed by atoms with Crippen LogP contribution in [0.25, 0.3) is 0 Å². The van der Waals surface area contributed by atoms with Crippen LogP contribution in [0.5, 0.6) is 0 Å². The van der Waals surface area contributed by atoms with Gasteiger partial charge in [0.25, 0.3) is 18.7 Å². The summed E-state index contributed by atoms with van der Waals surface area (Å²) in [6, 6.07) is 10.8. The van der Waals surface area contributed by atoms with Crippen LogP contribution >= 0.6 is 11.6 Å². The third-order valence-corrected chi connectivity index (χ3v) is 5.37. The summed E-state index contributed by atoms with van der Waals surface area (Å²) in [4.78, 5) is 40.5. The van der Waals surface area contributed by atoms with Crippen molar-refractivity contribution in [1.82, 2.24) is 4.90 Å². The molecule has 2 aromatic carbocycles. The molecular weight excluding hydrogens is 413 g/mol. The number of nitrogens with one attached hydrogen (secondary N) is 1. The number of halogens is 2. The van der Waals surface area contributed by atoms with Crippen LogP contribution in [-0.4, -0.2) is 53.2 Å². The van der Waals surface area contributed by atoms with Gasteiger partial charge in [0, 0.05) is 34.6 Å². The van der Waals surface area contributed by atoms with E-state index in [4.69, 9.17) is 11.6 Å². The van der Waals surface area contributed by atoms with Crippen molar-refractivity contribution < 1.29 is 23.5 Å². The van der Waals surface area contributed by atoms with Crippen LogP contribution in [-0.2, 0) is 14.4 Å². The van der Waals surface area contributed by atoms with Crippen LogP contribution in [0.15, 0.2) is 47.6 Å². The molecule has 1 saturated heterocycles. The number of fused-ring (bicyclic) bond motifs is 1. The predicted molar refractivity (Wildman–Crippen MR) is 107 cm³/mol. The van der Waals surface area contributed by atoms with Crippen molar-refractivity contribution in [2.75, 3.05) is 29.9 Å². The van der Waals surface area contributed by atoms with Gasteiger partial charge >= 0.3 is 11.8 Å². The van der Waals surface area contributed by atoms with Gasteiger partial charge in [0.2, 0.25) is 0 Å². The maximum absolute atomic E-state index is 13.2. The van der Waals surface area contributed by atoms with Crippen LogP contribution in [0.3, 0.4) is 0 Å². The third-order valence-electron chi connectivity index (χ3n) is 4.97. The van der Waals surface area contributed by atoms with Gasteiger partial charge in [-0.25, -0.2) is 9.18 Å². The van der Waals surface area contributed by atoms with Crippen molar-refractivity contribution in [1.29, 1.82) is 0 Å². The summed E-state index contributed by atoms with van der Waals surface area (Å²) in [6.45, 7) is 2.15. The number of hydrogen-bond donors (Lipinski definition) is 1. The summed E-state index contributed by atoms with van der Waals surface area (Å²) in [7, 11) is 0. The van der Waals surface area contributed by atoms with Crippen molar-refractivity contribution in [3.05, 3.63) is 58.9 Å². The minimum Gasteiger partial charge on any atom is -0.326 e. The SMILES string of the molecule is Cc1ccc(NC(=O)C[N+]2=NC3N(CCN3c3ccc(F)cc3)C(=O)C2=O)cc1Cl. The van der Waals surface area contributed by atoms with Gasteiger partial charge in [-0.3, -0.25) is 14.5 Å². The Labute approximate surface area is 176 Å². The van der Waals surface area contributed by atoms with E-state index in [0.717, 1.165) is 10.3 Å². The lowest BCUT2D eigenvalue weighted by Crippen LogP contribution is -2.52. The average Bonchev–Trinajstić information content (AvgIpc) is 3.13. The first-order chi connectivity index (χ1) is 14.3. The number of benzene rings is 2. The molecule has 0 spiro atoms. The molecule has 0 saturated carbocycles. The Morgan fingerprint density at radius 2 is 1.90 bits per heavy atom. The largest absolute Gasteiger partial charge is 0.502 e. The predicted octanol–water partition coefficient (Wildman–Crippen LogP) is 2.36. The highest BCUT2D eigenvalue weighted by molar-refractivity contribution is 6.32. The molecule has 1 N–H and O–H groups in total. The number of aryl methyl sites for hydroxylation is 1. The molecular formula is C20H18ClFN5O3+. The smallest absolute Gasteiger partial charge is 0.326 e. The number of azo groups is 2. The van der Waals surface area contributed by atoms with Crippen LogP contribution in [0.2, 0.25) is 5.02 Å². The molecule has 0 aromatic heterocycles. The fraction of sp³-hybridized carbons (Fsp3) is 0.250. The summed E-state index contributed by atoms with van der Waals surface area (Å²) in [5, 5.41) is 7.45. The third kappa shape index (κ3) is 3.76. The van der Waals surface area contributed by atoms with E-state index in [1.54, 1.807) is 35.2 Å². The van der Waals surface area contributed by atoms with Crippen molar-refractivity contribution in [3.63, 3.8) is 0 Å². The highest BCUT2D eigenvalue weighted by Crippen LogP contribution is 2.27. The number of nitrogens with zero attached hydrogens (tertiary/aromatic N) is 4. The quantitative estimate of drug-likeness (QED) is 0.596. The summed E-state index contributed by atoms with van der Waals surface area (Å²) in [5.41, 5.74) is 2.00. The van der Waals surface area contributed by atoms with Gasteiger partial charge in [0.1, 0.15) is 5.82 Å². The van der Waals surface area contributed by atoms with Gasteiger partial charge in [-0.1, -0.05) is 17.7 Å². The van der Waals surface area contributed by atoms with Gasteiger partial charge in [-0.05, 0) is 53.6 Å². The van der Waals surface area contributed by atoms with Gasteiger partial charge in [-0.15, -0.1) is 0 Å². The fourth-order valence-electron chi connectivity index (χ4n) is 3.37. The number of carbonyl (C=O) groups excluding carboxylic acids is 3. The zero-order chi connectivity index (χ0) is 21.4. The topological polar surface area (TPSA) is 85.1 Å². The Balaban J connectivity index is 1.54. The molecule has 4 rings (SSSR count). The monoisotopic (exact) mass is 430 g/mol. The number of carbonyl (C=O) groups is 3. The zero-order valence-electron chi connectivity index (χ0n) is 16.0. The molecule has 2 aliphatic heterocycles. The number of rotatable bonds is 4. The van der Waals surface area contributed by atoms with Crippen molar-refractivity contribution in [3.8, 4) is 0 Å². The summed E-state index contributed by atoms with van der Waals surface area (Å²) < 4.78 is 14.1. The number of amides is 3. The summed E-state index contributed by atoms with van der Waals surface area (Å²) >= 11 is 6.06. The Hall–Kier alpha value is -3.33. The molecule has 2 aromatic rings. The Kier molecular flexibility index (Phi) is 5.21. The van der Waals surface area contributed by atoms with Crippen molar-refractivity contribution in [2.24, 2.45) is 5.11 Å². The van der Waals surface area contributed by atoms with E-state index in [0.29, 0.717) is 29.5 Å². The lowest BCUT2D eigenvalue weighted by molar-refractivity contribution is -0.509. The second-order valence-corrected chi connectivity index (χ2v) is 7.41. The molecule has 154 valence electrons. The summed E-state index contributed by atoms with van der Waals surface area (Å²) in [6.07, 6.45) is -0.776. The van der Waals surface area contributed by atoms with Crippen LogP contribution in [0.4, 0.5) is 15.8 Å². The second kappa shape index (κ2) is 7.83. The molecule has 3 amide bonds.